The molecule has 0 unspecified atom stereocenters. The van der Waals surface area contributed by atoms with Crippen LogP contribution >= 0.6 is 7.76 Å². The van der Waals surface area contributed by atoms with E-state index in [1.807, 2.05) is 36.4 Å². The lowest BCUT2D eigenvalue weighted by molar-refractivity contribution is 0.507. The summed E-state index contributed by atoms with van der Waals surface area (Å²) in [5, 5.41) is -0.389. The molecule has 110 valence electrons. The molecule has 0 amide bonds. The molecule has 4 heteroatoms. The fourth-order valence-electron chi connectivity index (χ4n) is 2.52. The van der Waals surface area contributed by atoms with Gasteiger partial charge < -0.3 is 0 Å². The van der Waals surface area contributed by atoms with E-state index in [0.717, 1.165) is 5.56 Å². The van der Waals surface area contributed by atoms with Crippen LogP contribution in [0.3, 0.4) is 0 Å². The second-order valence-electron chi connectivity index (χ2n) is 4.89. The highest BCUT2D eigenvalue weighted by Gasteiger charge is 2.28. The van der Waals surface area contributed by atoms with Crippen LogP contribution in [-0.2, 0) is 4.57 Å². The lowest BCUT2D eigenvalue weighted by Crippen LogP contribution is -2.05. The molecule has 0 radical (unpaired) electrons. The Morgan fingerprint density at radius 2 is 1.18 bits per heavy atom. The number of hydrogen-bond acceptors (Lipinski definition) is 1. The third kappa shape index (κ3) is 2.86. The van der Waals surface area contributed by atoms with Gasteiger partial charge in [0.05, 0.1) is 5.30 Å². The van der Waals surface area contributed by atoms with Crippen molar-refractivity contribution < 1.29 is 13.0 Å². The van der Waals surface area contributed by atoms with E-state index in [-0.39, 0.29) is 5.30 Å². The van der Waals surface area contributed by atoms with Gasteiger partial charge in [0.1, 0.15) is 0 Å². The molecule has 0 spiro atoms. The van der Waals surface area contributed by atoms with Gasteiger partial charge in [-0.1, -0.05) is 72.8 Å². The van der Waals surface area contributed by atoms with E-state index < -0.39 is 7.76 Å². The van der Waals surface area contributed by atoms with E-state index in [0.29, 0.717) is 16.7 Å². The van der Waals surface area contributed by atoms with E-state index in [1.54, 1.807) is 30.3 Å². The van der Waals surface area contributed by atoms with Crippen molar-refractivity contribution in [2.24, 2.45) is 0 Å². The predicted octanol–water partition coefficient (Wildman–Crippen LogP) is 5.78. The van der Waals surface area contributed by atoms with Crippen molar-refractivity contribution in [1.29, 1.82) is 0 Å². The Labute approximate surface area is 127 Å². The summed E-state index contributed by atoms with van der Waals surface area (Å²) in [7, 11) is -5.37. The number of benzene rings is 3. The van der Waals surface area contributed by atoms with Crippen molar-refractivity contribution >= 4 is 13.1 Å². The molecule has 0 aliphatic rings. The van der Waals surface area contributed by atoms with E-state index in [9.17, 15) is 13.0 Å². The van der Waals surface area contributed by atoms with Gasteiger partial charge in [0, 0.05) is 5.56 Å². The molecular formula is C18H13F2OP. The quantitative estimate of drug-likeness (QED) is 0.560. The number of hydrogen-bond donors (Lipinski definition) is 0. The van der Waals surface area contributed by atoms with Crippen molar-refractivity contribution in [3.8, 4) is 22.3 Å². The minimum atomic E-state index is -5.37. The summed E-state index contributed by atoms with van der Waals surface area (Å²) in [5.41, 5.74) is 2.44. The minimum Gasteiger partial charge on any atom is -0.244 e. The molecule has 22 heavy (non-hydrogen) atoms. The van der Waals surface area contributed by atoms with Crippen molar-refractivity contribution in [1.82, 2.24) is 0 Å². The number of rotatable bonds is 3. The SMILES string of the molecule is O=P(F)(F)c1cccc(-c2ccccc2)c1-c1ccccc1. The second-order valence-corrected chi connectivity index (χ2v) is 6.30. The summed E-state index contributed by atoms with van der Waals surface area (Å²) < 4.78 is 38.8. The minimum absolute atomic E-state index is 0.336. The van der Waals surface area contributed by atoms with Gasteiger partial charge >= 0.3 is 7.76 Å². The van der Waals surface area contributed by atoms with E-state index in [1.165, 1.54) is 12.1 Å². The summed E-state index contributed by atoms with van der Waals surface area (Å²) in [6.07, 6.45) is 0. The fraction of sp³-hybridized carbons (Fsp3) is 0. The van der Waals surface area contributed by atoms with Crippen molar-refractivity contribution in [3.63, 3.8) is 0 Å². The molecule has 3 aromatic rings. The first-order valence-electron chi connectivity index (χ1n) is 6.81. The van der Waals surface area contributed by atoms with Gasteiger partial charge in [0.15, 0.2) is 0 Å². The van der Waals surface area contributed by atoms with Gasteiger partial charge in [-0.25, -0.2) is 4.57 Å². The zero-order valence-corrected chi connectivity index (χ0v) is 12.5. The maximum absolute atomic E-state index is 13.7. The highest BCUT2D eigenvalue weighted by molar-refractivity contribution is 7.61. The van der Waals surface area contributed by atoms with Crippen molar-refractivity contribution in [3.05, 3.63) is 78.9 Å². The summed E-state index contributed by atoms with van der Waals surface area (Å²) in [6, 6.07) is 22.7. The highest BCUT2D eigenvalue weighted by atomic mass is 31.2. The molecule has 0 bridgehead atoms. The molecule has 1 nitrogen and oxygen atoms in total. The molecule has 0 fully saturated rings. The maximum Gasteiger partial charge on any atom is 0.433 e. The van der Waals surface area contributed by atoms with Gasteiger partial charge in [-0.3, -0.25) is 0 Å². The Bertz CT molecular complexity index is 826. The molecule has 0 aromatic heterocycles. The zero-order chi connectivity index (χ0) is 15.6. The Morgan fingerprint density at radius 1 is 0.636 bits per heavy atom. The predicted molar refractivity (Wildman–Crippen MR) is 86.8 cm³/mol. The Kier molecular flexibility index (Phi) is 3.91. The van der Waals surface area contributed by atoms with Gasteiger partial charge in [0.2, 0.25) is 0 Å². The summed E-state index contributed by atoms with van der Waals surface area (Å²) >= 11 is 0. The Balaban J connectivity index is 2.35. The maximum atomic E-state index is 13.7. The Hall–Kier alpha value is -2.25. The van der Waals surface area contributed by atoms with Crippen LogP contribution in [0.2, 0.25) is 0 Å². The zero-order valence-electron chi connectivity index (χ0n) is 11.6. The van der Waals surface area contributed by atoms with Crippen LogP contribution in [0.1, 0.15) is 0 Å². The van der Waals surface area contributed by atoms with E-state index in [2.05, 4.69) is 0 Å². The molecule has 3 rings (SSSR count). The molecule has 0 atom stereocenters. The summed E-state index contributed by atoms with van der Waals surface area (Å²) in [5.74, 6) is 0. The van der Waals surface area contributed by atoms with Crippen molar-refractivity contribution in [2.45, 2.75) is 0 Å². The smallest absolute Gasteiger partial charge is 0.244 e. The topological polar surface area (TPSA) is 17.1 Å². The Morgan fingerprint density at radius 3 is 1.73 bits per heavy atom. The average Bonchev–Trinajstić information content (AvgIpc) is 2.55. The van der Waals surface area contributed by atoms with Crippen LogP contribution in [0.5, 0.6) is 0 Å². The third-order valence-electron chi connectivity index (χ3n) is 3.47. The molecule has 0 saturated carbocycles. The van der Waals surface area contributed by atoms with Gasteiger partial charge in [-0.15, -0.1) is 8.39 Å². The molecule has 0 N–H and O–H groups in total. The molecular weight excluding hydrogens is 301 g/mol. The average molecular weight is 314 g/mol. The standard InChI is InChI=1S/C18H13F2OP/c19-22(20,21)17-13-7-12-16(14-8-3-1-4-9-14)18(17)15-10-5-2-6-11-15/h1-13H. The van der Waals surface area contributed by atoms with E-state index >= 15 is 0 Å². The molecule has 0 aliphatic heterocycles. The van der Waals surface area contributed by atoms with Gasteiger partial charge in [-0.05, 0) is 22.8 Å². The summed E-state index contributed by atoms with van der Waals surface area (Å²) in [6.45, 7) is 0. The first-order chi connectivity index (χ1) is 10.6. The lowest BCUT2D eigenvalue weighted by Gasteiger charge is -2.14. The van der Waals surface area contributed by atoms with Crippen molar-refractivity contribution in [2.75, 3.05) is 0 Å². The molecule has 0 heterocycles. The van der Waals surface area contributed by atoms with Crippen LogP contribution in [0.15, 0.2) is 78.9 Å². The van der Waals surface area contributed by atoms with E-state index in [4.69, 9.17) is 0 Å². The lowest BCUT2D eigenvalue weighted by atomic mass is 9.94. The number of halogens is 2. The highest BCUT2D eigenvalue weighted by Crippen LogP contribution is 2.51. The first-order valence-corrected chi connectivity index (χ1v) is 8.30. The fourth-order valence-corrected chi connectivity index (χ4v) is 3.29. The van der Waals surface area contributed by atoms with Crippen LogP contribution < -0.4 is 5.30 Å². The van der Waals surface area contributed by atoms with Gasteiger partial charge in [0.25, 0.3) is 0 Å². The van der Waals surface area contributed by atoms with Crippen LogP contribution in [0, 0.1) is 0 Å². The largest absolute Gasteiger partial charge is 0.433 e. The van der Waals surface area contributed by atoms with Crippen LogP contribution in [-0.4, -0.2) is 0 Å². The normalized spacial score (nSPS) is 11.4. The monoisotopic (exact) mass is 314 g/mol. The van der Waals surface area contributed by atoms with Crippen LogP contribution in [0.4, 0.5) is 8.39 Å². The molecule has 3 aromatic carbocycles. The molecule has 0 aliphatic carbocycles. The third-order valence-corrected chi connectivity index (χ3v) is 4.40. The van der Waals surface area contributed by atoms with Gasteiger partial charge in [-0.2, -0.15) is 0 Å². The molecule has 0 saturated heterocycles. The first kappa shape index (κ1) is 14.7. The second kappa shape index (κ2) is 5.86. The van der Waals surface area contributed by atoms with Crippen LogP contribution in [0.25, 0.3) is 22.3 Å². The summed E-state index contributed by atoms with van der Waals surface area (Å²) in [4.78, 5) is 0.